The average Bonchev–Trinajstić information content (AvgIpc) is 2.16. The molecule has 13 heavy (non-hydrogen) atoms. The number of thiocarbonyl (C=S) groups is 1. The van der Waals surface area contributed by atoms with Crippen molar-refractivity contribution in [3.8, 4) is 0 Å². The van der Waals surface area contributed by atoms with Crippen LogP contribution in [0.15, 0.2) is 0 Å². The van der Waals surface area contributed by atoms with Crippen LogP contribution in [-0.4, -0.2) is 22.7 Å². The topological polar surface area (TPSA) is 38.0 Å². The lowest BCUT2D eigenvalue weighted by Crippen LogP contribution is -2.33. The largest absolute Gasteiger partial charge is 0.368 e. The van der Waals surface area contributed by atoms with Gasteiger partial charge in [0, 0.05) is 18.3 Å². The van der Waals surface area contributed by atoms with Crippen LogP contribution in [0.4, 0.5) is 0 Å². The molecule has 0 spiro atoms. The van der Waals surface area contributed by atoms with E-state index in [1.165, 1.54) is 32.1 Å². The zero-order valence-corrected chi connectivity index (χ0v) is 9.55. The highest BCUT2D eigenvalue weighted by atomic mass is 32.2. The first kappa shape index (κ1) is 11.3. The smallest absolute Gasteiger partial charge is 0.134 e. The molecule has 0 aromatic carbocycles. The number of hydrogen-bond acceptors (Lipinski definition) is 3. The second-order valence-corrected chi connectivity index (χ2v) is 5.18. The fraction of sp³-hybridized carbons (Fsp3) is 0.889. The lowest BCUT2D eigenvalue weighted by molar-refractivity contribution is 0.416. The van der Waals surface area contributed by atoms with Crippen LogP contribution in [-0.2, 0) is 0 Å². The molecule has 1 saturated carbocycles. The van der Waals surface area contributed by atoms with Gasteiger partial charge in [0.25, 0.3) is 0 Å². The third-order valence-corrected chi connectivity index (χ3v) is 3.57. The molecule has 0 unspecified atom stereocenters. The van der Waals surface area contributed by atoms with E-state index in [-0.39, 0.29) is 0 Å². The number of hydrogen-bond donors (Lipinski definition) is 2. The Hall–Kier alpha value is 0.200. The Balaban J connectivity index is 2.11. The van der Waals surface area contributed by atoms with Gasteiger partial charge in [-0.2, -0.15) is 0 Å². The van der Waals surface area contributed by atoms with Crippen molar-refractivity contribution in [2.24, 2.45) is 5.73 Å². The Morgan fingerprint density at radius 3 is 2.69 bits per heavy atom. The van der Waals surface area contributed by atoms with Gasteiger partial charge < -0.3 is 11.1 Å². The lowest BCUT2D eigenvalue weighted by Gasteiger charge is -2.23. The summed E-state index contributed by atoms with van der Waals surface area (Å²) < 4.78 is 0.928. The van der Waals surface area contributed by atoms with Crippen molar-refractivity contribution in [2.75, 3.05) is 12.3 Å². The Morgan fingerprint density at radius 1 is 1.38 bits per heavy atom. The quantitative estimate of drug-likeness (QED) is 0.710. The van der Waals surface area contributed by atoms with E-state index >= 15 is 0 Å². The first-order chi connectivity index (χ1) is 6.33. The molecule has 0 amide bonds. The highest BCUT2D eigenvalue weighted by molar-refractivity contribution is 8.22. The van der Waals surface area contributed by atoms with Gasteiger partial charge in [-0.05, 0) is 12.8 Å². The summed E-state index contributed by atoms with van der Waals surface area (Å²) in [5, 5.41) is 3.39. The van der Waals surface area contributed by atoms with Gasteiger partial charge in [-0.15, -0.1) is 0 Å². The predicted molar refractivity (Wildman–Crippen MR) is 64.1 cm³/mol. The molecule has 1 aliphatic carbocycles. The van der Waals surface area contributed by atoms with Crippen molar-refractivity contribution in [3.63, 3.8) is 0 Å². The molecule has 0 bridgehead atoms. The monoisotopic (exact) mass is 218 g/mol. The molecule has 0 aliphatic heterocycles. The van der Waals surface area contributed by atoms with E-state index in [1.807, 2.05) is 0 Å². The lowest BCUT2D eigenvalue weighted by atomic mass is 9.96. The summed E-state index contributed by atoms with van der Waals surface area (Å²) in [4.78, 5) is 0. The van der Waals surface area contributed by atoms with Crippen LogP contribution in [0.2, 0.25) is 0 Å². The Kier molecular flexibility index (Phi) is 5.75. The van der Waals surface area contributed by atoms with E-state index < -0.39 is 0 Å². The van der Waals surface area contributed by atoms with E-state index in [4.69, 9.17) is 18.0 Å². The second kappa shape index (κ2) is 6.62. The second-order valence-electron chi connectivity index (χ2n) is 3.40. The number of nitrogens with one attached hydrogen (secondary N) is 1. The van der Waals surface area contributed by atoms with Crippen molar-refractivity contribution >= 4 is 28.3 Å². The summed E-state index contributed by atoms with van der Waals surface area (Å²) in [5.74, 6) is 0.929. The van der Waals surface area contributed by atoms with Crippen LogP contribution in [0, 0.1) is 0 Å². The summed E-state index contributed by atoms with van der Waals surface area (Å²) >= 11 is 6.86. The molecule has 1 rings (SSSR count). The summed E-state index contributed by atoms with van der Waals surface area (Å²) in [6.45, 7) is 0.706. The highest BCUT2D eigenvalue weighted by Gasteiger charge is 2.13. The van der Waals surface area contributed by atoms with Crippen LogP contribution < -0.4 is 11.1 Å². The summed E-state index contributed by atoms with van der Waals surface area (Å²) in [6, 6.07) is 0.631. The van der Waals surface area contributed by atoms with Gasteiger partial charge in [0.15, 0.2) is 0 Å². The molecule has 3 N–H and O–H groups in total. The number of thioether (sulfide) groups is 1. The minimum atomic E-state index is 0.631. The Labute approximate surface area is 90.0 Å². The average molecular weight is 218 g/mol. The summed E-state index contributed by atoms with van der Waals surface area (Å²) in [7, 11) is 0. The molecule has 4 heteroatoms. The molecule has 0 atom stereocenters. The highest BCUT2D eigenvalue weighted by Crippen LogP contribution is 2.18. The van der Waals surface area contributed by atoms with Gasteiger partial charge in [-0.3, -0.25) is 0 Å². The molecule has 0 saturated heterocycles. The normalized spacial score (nSPS) is 18.5. The van der Waals surface area contributed by atoms with Gasteiger partial charge in [-0.1, -0.05) is 43.2 Å². The van der Waals surface area contributed by atoms with E-state index in [9.17, 15) is 0 Å². The van der Waals surface area contributed by atoms with Gasteiger partial charge >= 0.3 is 0 Å². The SMILES string of the molecule is NCCSC(=S)NC1CCCCC1. The first-order valence-electron chi connectivity index (χ1n) is 4.96. The van der Waals surface area contributed by atoms with Crippen LogP contribution in [0.5, 0.6) is 0 Å². The van der Waals surface area contributed by atoms with Gasteiger partial charge in [0.2, 0.25) is 0 Å². The minimum Gasteiger partial charge on any atom is -0.368 e. The van der Waals surface area contributed by atoms with E-state index in [0.717, 1.165) is 10.1 Å². The van der Waals surface area contributed by atoms with Crippen LogP contribution >= 0.6 is 24.0 Å². The van der Waals surface area contributed by atoms with Crippen molar-refractivity contribution < 1.29 is 0 Å². The maximum Gasteiger partial charge on any atom is 0.134 e. The van der Waals surface area contributed by atoms with Crippen LogP contribution in [0.25, 0.3) is 0 Å². The first-order valence-corrected chi connectivity index (χ1v) is 6.35. The van der Waals surface area contributed by atoms with Gasteiger partial charge in [-0.25, -0.2) is 0 Å². The Morgan fingerprint density at radius 2 is 2.08 bits per heavy atom. The third kappa shape index (κ3) is 4.84. The van der Waals surface area contributed by atoms with E-state index in [2.05, 4.69) is 5.32 Å². The van der Waals surface area contributed by atoms with Crippen molar-refractivity contribution in [3.05, 3.63) is 0 Å². The molecular weight excluding hydrogens is 200 g/mol. The molecular formula is C9H18N2S2. The molecule has 2 nitrogen and oxygen atoms in total. The molecule has 76 valence electrons. The Bertz CT molecular complexity index is 156. The van der Waals surface area contributed by atoms with Crippen LogP contribution in [0.3, 0.4) is 0 Å². The van der Waals surface area contributed by atoms with Crippen molar-refractivity contribution in [1.29, 1.82) is 0 Å². The molecule has 0 aromatic heterocycles. The third-order valence-electron chi connectivity index (χ3n) is 2.28. The zero-order valence-electron chi connectivity index (χ0n) is 7.92. The summed E-state index contributed by atoms with van der Waals surface area (Å²) in [5.41, 5.74) is 5.40. The molecule has 0 radical (unpaired) electrons. The van der Waals surface area contributed by atoms with Crippen molar-refractivity contribution in [2.45, 2.75) is 38.1 Å². The van der Waals surface area contributed by atoms with Gasteiger partial charge in [0.05, 0.1) is 0 Å². The maximum atomic E-state index is 5.40. The standard InChI is InChI=1S/C9H18N2S2/c10-6-7-13-9(12)11-8-4-2-1-3-5-8/h8H,1-7,10H2,(H,11,12). The number of nitrogens with two attached hydrogens (primary N) is 1. The number of rotatable bonds is 3. The minimum absolute atomic E-state index is 0.631. The van der Waals surface area contributed by atoms with Crippen LogP contribution in [0.1, 0.15) is 32.1 Å². The van der Waals surface area contributed by atoms with E-state index in [0.29, 0.717) is 12.6 Å². The summed E-state index contributed by atoms with van der Waals surface area (Å²) in [6.07, 6.45) is 6.65. The fourth-order valence-electron chi connectivity index (χ4n) is 1.61. The maximum absolute atomic E-state index is 5.40. The van der Waals surface area contributed by atoms with Crippen molar-refractivity contribution in [1.82, 2.24) is 5.32 Å². The molecule has 0 heterocycles. The fourth-order valence-corrected chi connectivity index (χ4v) is 2.58. The molecule has 1 aliphatic rings. The molecule has 0 aromatic rings. The van der Waals surface area contributed by atoms with Gasteiger partial charge in [0.1, 0.15) is 4.32 Å². The van der Waals surface area contributed by atoms with E-state index in [1.54, 1.807) is 11.8 Å². The predicted octanol–water partition coefficient (Wildman–Crippen LogP) is 1.89. The zero-order chi connectivity index (χ0) is 9.52. The molecule has 1 fully saturated rings.